The Hall–Kier alpha value is -2.30. The molecular weight excluding hydrogens is 309 g/mol. The molecule has 1 heterocycles. The van der Waals surface area contributed by atoms with Crippen molar-refractivity contribution in [2.45, 2.75) is 39.0 Å². The zero-order valence-corrected chi connectivity index (χ0v) is 13.8. The van der Waals surface area contributed by atoms with Gasteiger partial charge in [-0.05, 0) is 36.5 Å². The van der Waals surface area contributed by atoms with Gasteiger partial charge in [-0.25, -0.2) is 9.18 Å². The largest absolute Gasteiger partial charge is 0.478 e. The number of halogens is 1. The lowest BCUT2D eigenvalue weighted by Gasteiger charge is -2.36. The number of ketones is 1. The lowest BCUT2D eigenvalue weighted by molar-refractivity contribution is -0.133. The average Bonchev–Trinajstić information content (AvgIpc) is 2.54. The Balaban J connectivity index is 2.22. The molecule has 2 unspecified atom stereocenters. The second-order valence-electron chi connectivity index (χ2n) is 6.69. The van der Waals surface area contributed by atoms with Gasteiger partial charge in [0.2, 0.25) is 0 Å². The van der Waals surface area contributed by atoms with Crippen molar-refractivity contribution in [3.8, 4) is 0 Å². The fraction of sp³-hybridized carbons (Fsp3) is 0.421. The summed E-state index contributed by atoms with van der Waals surface area (Å²) in [6, 6.07) is 5.77. The highest BCUT2D eigenvalue weighted by Gasteiger charge is 2.44. The molecule has 1 saturated carbocycles. The van der Waals surface area contributed by atoms with Gasteiger partial charge in [0.25, 0.3) is 0 Å². The van der Waals surface area contributed by atoms with Crippen LogP contribution in [0.1, 0.15) is 44.6 Å². The van der Waals surface area contributed by atoms with Crippen molar-refractivity contribution < 1.29 is 19.1 Å². The molecule has 0 aromatic heterocycles. The molecule has 1 aliphatic carbocycles. The molecule has 0 bridgehead atoms. The molecule has 1 fully saturated rings. The summed E-state index contributed by atoms with van der Waals surface area (Å²) in [5, 5.41) is 9.81. The van der Waals surface area contributed by atoms with Crippen LogP contribution in [0.25, 0.3) is 0 Å². The minimum absolute atomic E-state index is 0.0240. The predicted molar refractivity (Wildman–Crippen MR) is 88.4 cm³/mol. The molecule has 1 aliphatic heterocycles. The van der Waals surface area contributed by atoms with E-state index in [2.05, 4.69) is 4.99 Å². The highest BCUT2D eigenvalue weighted by molar-refractivity contribution is 6.11. The van der Waals surface area contributed by atoms with Gasteiger partial charge in [0, 0.05) is 18.1 Å². The quantitative estimate of drug-likeness (QED) is 0.919. The van der Waals surface area contributed by atoms with E-state index in [4.69, 9.17) is 0 Å². The van der Waals surface area contributed by atoms with Crippen LogP contribution >= 0.6 is 0 Å². The number of aliphatic imine (C=N–C) groups is 1. The molecule has 0 spiro atoms. The van der Waals surface area contributed by atoms with Crippen LogP contribution in [-0.4, -0.2) is 22.6 Å². The molecule has 4 nitrogen and oxygen atoms in total. The molecule has 0 amide bonds. The van der Waals surface area contributed by atoms with Crippen LogP contribution in [0.3, 0.4) is 0 Å². The van der Waals surface area contributed by atoms with Gasteiger partial charge < -0.3 is 5.11 Å². The van der Waals surface area contributed by atoms with Crippen molar-refractivity contribution in [1.82, 2.24) is 0 Å². The first-order valence-corrected chi connectivity index (χ1v) is 8.23. The highest BCUT2D eigenvalue weighted by Crippen LogP contribution is 2.44. The van der Waals surface area contributed by atoms with E-state index in [1.54, 1.807) is 12.1 Å². The average molecular weight is 329 g/mol. The first-order chi connectivity index (χ1) is 11.4. The zero-order chi connectivity index (χ0) is 17.4. The van der Waals surface area contributed by atoms with Gasteiger partial charge in [-0.15, -0.1) is 0 Å². The van der Waals surface area contributed by atoms with E-state index < -0.39 is 17.8 Å². The Bertz CT molecular complexity index is 746. The number of benzene rings is 1. The maximum atomic E-state index is 13.3. The van der Waals surface area contributed by atoms with Gasteiger partial charge in [0.05, 0.1) is 17.2 Å². The molecule has 1 N–H and O–H groups in total. The fourth-order valence-electron chi connectivity index (χ4n) is 3.70. The summed E-state index contributed by atoms with van der Waals surface area (Å²) in [6.45, 7) is 3.80. The Morgan fingerprint density at radius 2 is 1.88 bits per heavy atom. The number of carbonyl (C=O) groups is 2. The Morgan fingerprint density at radius 3 is 2.46 bits per heavy atom. The number of nitrogens with zero attached hydrogens (tertiary/aromatic N) is 1. The summed E-state index contributed by atoms with van der Waals surface area (Å²) >= 11 is 0. The van der Waals surface area contributed by atoms with Crippen LogP contribution < -0.4 is 0 Å². The third kappa shape index (κ3) is 2.79. The van der Waals surface area contributed by atoms with Crippen molar-refractivity contribution >= 4 is 17.5 Å². The van der Waals surface area contributed by atoms with Crippen LogP contribution in [0, 0.1) is 17.7 Å². The first kappa shape index (κ1) is 16.6. The SMILES string of the molecule is CC(C)C1=C(C(=O)O)C(c2ccc(F)cc2)C2C(=O)CCCC2=N1. The van der Waals surface area contributed by atoms with E-state index in [0.717, 1.165) is 12.1 Å². The summed E-state index contributed by atoms with van der Waals surface area (Å²) in [6.07, 6.45) is 1.89. The van der Waals surface area contributed by atoms with E-state index in [1.807, 2.05) is 13.8 Å². The standard InChI is InChI=1S/C19H20FNO3/c1-10(2)18-17(19(23)24)15(11-6-8-12(20)9-7-11)16-13(21-18)4-3-5-14(16)22/h6-10,15-16H,3-5H2,1-2H3,(H,23,24). The van der Waals surface area contributed by atoms with Gasteiger partial charge >= 0.3 is 5.97 Å². The fourth-order valence-corrected chi connectivity index (χ4v) is 3.70. The summed E-state index contributed by atoms with van der Waals surface area (Å²) in [7, 11) is 0. The van der Waals surface area contributed by atoms with E-state index in [-0.39, 0.29) is 23.1 Å². The van der Waals surface area contributed by atoms with Crippen LogP contribution in [0.15, 0.2) is 40.5 Å². The van der Waals surface area contributed by atoms with Crippen LogP contribution in [0.2, 0.25) is 0 Å². The molecule has 1 aromatic rings. The van der Waals surface area contributed by atoms with E-state index in [0.29, 0.717) is 24.1 Å². The highest BCUT2D eigenvalue weighted by atomic mass is 19.1. The molecule has 2 atom stereocenters. The summed E-state index contributed by atoms with van der Waals surface area (Å²) < 4.78 is 13.3. The van der Waals surface area contributed by atoms with Crippen molar-refractivity contribution in [2.24, 2.45) is 16.8 Å². The van der Waals surface area contributed by atoms with Gasteiger partial charge in [0.15, 0.2) is 0 Å². The number of fused-ring (bicyclic) bond motifs is 1. The number of hydrogen-bond acceptors (Lipinski definition) is 3. The van der Waals surface area contributed by atoms with Crippen molar-refractivity contribution in [1.29, 1.82) is 0 Å². The van der Waals surface area contributed by atoms with Gasteiger partial charge in [-0.2, -0.15) is 0 Å². The van der Waals surface area contributed by atoms with E-state index in [9.17, 15) is 19.1 Å². The number of carboxylic acid groups (broad SMARTS) is 1. The third-order valence-corrected chi connectivity index (χ3v) is 4.75. The predicted octanol–water partition coefficient (Wildman–Crippen LogP) is 3.73. The molecule has 24 heavy (non-hydrogen) atoms. The second kappa shape index (κ2) is 6.30. The van der Waals surface area contributed by atoms with E-state index in [1.165, 1.54) is 12.1 Å². The third-order valence-electron chi connectivity index (χ3n) is 4.75. The number of rotatable bonds is 3. The molecule has 2 aliphatic rings. The molecule has 5 heteroatoms. The summed E-state index contributed by atoms with van der Waals surface area (Å²) in [5.41, 5.74) is 2.12. The van der Waals surface area contributed by atoms with E-state index >= 15 is 0 Å². The second-order valence-corrected chi connectivity index (χ2v) is 6.69. The molecule has 126 valence electrons. The summed E-state index contributed by atoms with van der Waals surface area (Å²) in [5.74, 6) is -2.63. The number of allylic oxidation sites excluding steroid dienone is 1. The number of carbonyl (C=O) groups excluding carboxylic acids is 1. The molecule has 0 radical (unpaired) electrons. The number of aliphatic carboxylic acids is 1. The minimum atomic E-state index is -1.06. The molecule has 0 saturated heterocycles. The molecular formula is C19H20FNO3. The first-order valence-electron chi connectivity index (χ1n) is 8.23. The normalized spacial score (nSPS) is 24.0. The van der Waals surface area contributed by atoms with Crippen molar-refractivity contribution in [2.75, 3.05) is 0 Å². The lowest BCUT2D eigenvalue weighted by atomic mass is 9.69. The Morgan fingerprint density at radius 1 is 1.21 bits per heavy atom. The maximum absolute atomic E-state index is 13.3. The van der Waals surface area contributed by atoms with Gasteiger partial charge in [0.1, 0.15) is 11.6 Å². The maximum Gasteiger partial charge on any atom is 0.334 e. The van der Waals surface area contributed by atoms with Crippen LogP contribution in [0.4, 0.5) is 4.39 Å². The number of hydrogen-bond donors (Lipinski definition) is 1. The summed E-state index contributed by atoms with van der Waals surface area (Å²) in [4.78, 5) is 29.1. The smallest absolute Gasteiger partial charge is 0.334 e. The van der Waals surface area contributed by atoms with Crippen molar-refractivity contribution in [3.63, 3.8) is 0 Å². The lowest BCUT2D eigenvalue weighted by Crippen LogP contribution is -2.39. The molecule has 1 aromatic carbocycles. The topological polar surface area (TPSA) is 66.7 Å². The van der Waals surface area contributed by atoms with Crippen molar-refractivity contribution in [3.05, 3.63) is 46.9 Å². The van der Waals surface area contributed by atoms with Gasteiger partial charge in [-0.3, -0.25) is 9.79 Å². The molecule has 3 rings (SSSR count). The Labute approximate surface area is 140 Å². The minimum Gasteiger partial charge on any atom is -0.478 e. The number of Topliss-reactive ketones (excluding diaryl/α,β-unsaturated/α-hetero) is 1. The van der Waals surface area contributed by atoms with Crippen LogP contribution in [0.5, 0.6) is 0 Å². The Kier molecular flexibility index (Phi) is 4.35. The van der Waals surface area contributed by atoms with Crippen LogP contribution in [-0.2, 0) is 9.59 Å². The zero-order valence-electron chi connectivity index (χ0n) is 13.8. The number of carboxylic acids is 1. The van der Waals surface area contributed by atoms with Gasteiger partial charge in [-0.1, -0.05) is 26.0 Å². The monoisotopic (exact) mass is 329 g/mol.